The molecule has 3 nitrogen and oxygen atoms in total. The topological polar surface area (TPSA) is 21.7 Å². The summed E-state index contributed by atoms with van der Waals surface area (Å²) in [4.78, 5) is 2.46. The summed E-state index contributed by atoms with van der Waals surface area (Å²) in [6, 6.07) is 0.608. The third-order valence-electron chi connectivity index (χ3n) is 3.91. The molecule has 3 atom stereocenters. The SMILES string of the molecule is COC1CCC(N(C)C(C)(C)C)CC1OC. The largest absolute Gasteiger partial charge is 0.379 e. The highest BCUT2D eigenvalue weighted by Crippen LogP contribution is 2.29. The van der Waals surface area contributed by atoms with Gasteiger partial charge in [0.05, 0.1) is 12.2 Å². The van der Waals surface area contributed by atoms with Crippen LogP contribution in [0.1, 0.15) is 40.0 Å². The fourth-order valence-corrected chi connectivity index (χ4v) is 2.50. The molecule has 1 aliphatic carbocycles. The van der Waals surface area contributed by atoms with E-state index >= 15 is 0 Å². The lowest BCUT2D eigenvalue weighted by atomic mass is 9.87. The molecular formula is C13H27NO2. The van der Waals surface area contributed by atoms with Crippen LogP contribution in [0.25, 0.3) is 0 Å². The van der Waals surface area contributed by atoms with Gasteiger partial charge in [0.2, 0.25) is 0 Å². The fourth-order valence-electron chi connectivity index (χ4n) is 2.50. The van der Waals surface area contributed by atoms with Crippen molar-refractivity contribution in [3.63, 3.8) is 0 Å². The van der Waals surface area contributed by atoms with E-state index in [4.69, 9.17) is 9.47 Å². The van der Waals surface area contributed by atoms with Gasteiger partial charge in [0, 0.05) is 25.8 Å². The van der Waals surface area contributed by atoms with Crippen LogP contribution in [-0.2, 0) is 9.47 Å². The number of rotatable bonds is 3. The molecule has 0 spiro atoms. The molecule has 0 aromatic rings. The second-order valence-electron chi connectivity index (χ2n) is 5.80. The zero-order valence-corrected chi connectivity index (χ0v) is 11.6. The third-order valence-corrected chi connectivity index (χ3v) is 3.91. The summed E-state index contributed by atoms with van der Waals surface area (Å²) in [6.45, 7) is 6.78. The molecule has 0 bridgehead atoms. The second kappa shape index (κ2) is 5.48. The molecule has 1 aliphatic rings. The van der Waals surface area contributed by atoms with Crippen LogP contribution in [0.3, 0.4) is 0 Å². The summed E-state index contributed by atoms with van der Waals surface area (Å²) in [5.74, 6) is 0. The van der Waals surface area contributed by atoms with E-state index < -0.39 is 0 Å². The van der Waals surface area contributed by atoms with E-state index in [1.165, 1.54) is 6.42 Å². The Morgan fingerprint density at radius 1 is 1.00 bits per heavy atom. The van der Waals surface area contributed by atoms with Crippen molar-refractivity contribution in [3.05, 3.63) is 0 Å². The average molecular weight is 229 g/mol. The van der Waals surface area contributed by atoms with Gasteiger partial charge in [0.1, 0.15) is 0 Å². The lowest BCUT2D eigenvalue weighted by Gasteiger charge is -2.44. The van der Waals surface area contributed by atoms with E-state index in [2.05, 4.69) is 32.7 Å². The molecule has 0 heterocycles. The Balaban J connectivity index is 2.60. The number of methoxy groups -OCH3 is 2. The fraction of sp³-hybridized carbons (Fsp3) is 1.00. The molecule has 16 heavy (non-hydrogen) atoms. The third kappa shape index (κ3) is 3.19. The van der Waals surface area contributed by atoms with Crippen molar-refractivity contribution in [2.24, 2.45) is 0 Å². The van der Waals surface area contributed by atoms with Crippen LogP contribution in [0.15, 0.2) is 0 Å². The predicted octanol–water partition coefficient (Wildman–Crippen LogP) is 2.30. The maximum Gasteiger partial charge on any atom is 0.0847 e. The van der Waals surface area contributed by atoms with Gasteiger partial charge < -0.3 is 9.47 Å². The highest BCUT2D eigenvalue weighted by atomic mass is 16.5. The summed E-state index contributed by atoms with van der Waals surface area (Å²) in [7, 11) is 5.78. The molecule has 1 rings (SSSR count). The molecule has 0 aliphatic heterocycles. The molecule has 0 aromatic carbocycles. The second-order valence-corrected chi connectivity index (χ2v) is 5.80. The molecule has 3 unspecified atom stereocenters. The van der Waals surface area contributed by atoms with Crippen molar-refractivity contribution in [1.29, 1.82) is 0 Å². The number of hydrogen-bond donors (Lipinski definition) is 0. The summed E-state index contributed by atoms with van der Waals surface area (Å²) in [5, 5.41) is 0. The van der Waals surface area contributed by atoms with E-state index in [1.54, 1.807) is 14.2 Å². The van der Waals surface area contributed by atoms with Gasteiger partial charge >= 0.3 is 0 Å². The predicted molar refractivity (Wildman–Crippen MR) is 66.7 cm³/mol. The van der Waals surface area contributed by atoms with Gasteiger partial charge in [-0.2, -0.15) is 0 Å². The number of hydrogen-bond acceptors (Lipinski definition) is 3. The molecule has 96 valence electrons. The summed E-state index contributed by atoms with van der Waals surface area (Å²) in [5.41, 5.74) is 0.225. The normalized spacial score (nSPS) is 32.1. The highest BCUT2D eigenvalue weighted by Gasteiger charge is 2.35. The smallest absolute Gasteiger partial charge is 0.0847 e. The van der Waals surface area contributed by atoms with Crippen LogP contribution in [0.5, 0.6) is 0 Å². The van der Waals surface area contributed by atoms with E-state index in [9.17, 15) is 0 Å². The highest BCUT2D eigenvalue weighted by molar-refractivity contribution is 4.89. The monoisotopic (exact) mass is 229 g/mol. The van der Waals surface area contributed by atoms with Gasteiger partial charge in [-0.1, -0.05) is 0 Å². The van der Waals surface area contributed by atoms with E-state index in [-0.39, 0.29) is 17.7 Å². The zero-order valence-electron chi connectivity index (χ0n) is 11.6. The number of nitrogens with zero attached hydrogens (tertiary/aromatic N) is 1. The Bertz CT molecular complexity index is 212. The van der Waals surface area contributed by atoms with Gasteiger partial charge in [-0.15, -0.1) is 0 Å². The first kappa shape index (κ1) is 13.9. The van der Waals surface area contributed by atoms with Crippen LogP contribution >= 0.6 is 0 Å². The van der Waals surface area contributed by atoms with Crippen LogP contribution in [0.2, 0.25) is 0 Å². The zero-order chi connectivity index (χ0) is 12.3. The van der Waals surface area contributed by atoms with Crippen LogP contribution in [0.4, 0.5) is 0 Å². The molecule has 3 heteroatoms. The molecule has 0 N–H and O–H groups in total. The minimum atomic E-state index is 0.225. The van der Waals surface area contributed by atoms with Crippen molar-refractivity contribution in [1.82, 2.24) is 4.90 Å². The minimum Gasteiger partial charge on any atom is -0.379 e. The maximum atomic E-state index is 5.54. The van der Waals surface area contributed by atoms with Crippen LogP contribution < -0.4 is 0 Å². The van der Waals surface area contributed by atoms with Gasteiger partial charge in [0.25, 0.3) is 0 Å². The van der Waals surface area contributed by atoms with Crippen molar-refractivity contribution >= 4 is 0 Å². The average Bonchev–Trinajstić information content (AvgIpc) is 2.25. The molecule has 0 saturated heterocycles. The standard InChI is InChI=1S/C13H27NO2/c1-13(2,3)14(4)10-7-8-11(15-5)12(9-10)16-6/h10-12H,7-9H2,1-6H3. The maximum absolute atomic E-state index is 5.54. The van der Waals surface area contributed by atoms with Crippen molar-refractivity contribution in [2.75, 3.05) is 21.3 Å². The molecule has 0 aromatic heterocycles. The number of ether oxygens (including phenoxy) is 2. The van der Waals surface area contributed by atoms with Crippen LogP contribution in [0, 0.1) is 0 Å². The van der Waals surface area contributed by atoms with Crippen LogP contribution in [-0.4, -0.2) is 50.0 Å². The molecule has 1 saturated carbocycles. The van der Waals surface area contributed by atoms with Gasteiger partial charge in [-0.25, -0.2) is 0 Å². The lowest BCUT2D eigenvalue weighted by molar-refractivity contribution is -0.0826. The minimum absolute atomic E-state index is 0.225. The summed E-state index contributed by atoms with van der Waals surface area (Å²) < 4.78 is 11.0. The first-order valence-corrected chi connectivity index (χ1v) is 6.18. The van der Waals surface area contributed by atoms with Gasteiger partial charge in [-0.05, 0) is 47.1 Å². The Kier molecular flexibility index (Phi) is 4.77. The van der Waals surface area contributed by atoms with Gasteiger partial charge in [-0.3, -0.25) is 4.90 Å². The Morgan fingerprint density at radius 3 is 2.00 bits per heavy atom. The summed E-state index contributed by atoms with van der Waals surface area (Å²) in [6.07, 6.45) is 3.89. The first-order valence-electron chi connectivity index (χ1n) is 6.18. The molecule has 0 amide bonds. The van der Waals surface area contributed by atoms with E-state index in [0.29, 0.717) is 6.04 Å². The Labute approximate surface area is 100 Å². The van der Waals surface area contributed by atoms with Gasteiger partial charge in [0.15, 0.2) is 0 Å². The van der Waals surface area contributed by atoms with E-state index in [0.717, 1.165) is 12.8 Å². The molecular weight excluding hydrogens is 202 g/mol. The van der Waals surface area contributed by atoms with Crippen molar-refractivity contribution in [2.45, 2.75) is 63.8 Å². The first-order chi connectivity index (χ1) is 7.40. The quantitative estimate of drug-likeness (QED) is 0.741. The molecule has 0 radical (unpaired) electrons. The van der Waals surface area contributed by atoms with Crippen molar-refractivity contribution in [3.8, 4) is 0 Å². The summed E-state index contributed by atoms with van der Waals surface area (Å²) >= 11 is 0. The Morgan fingerprint density at radius 2 is 1.56 bits per heavy atom. The Hall–Kier alpha value is -0.120. The molecule has 1 fully saturated rings. The lowest BCUT2D eigenvalue weighted by Crippen LogP contribution is -2.51. The van der Waals surface area contributed by atoms with E-state index in [1.807, 2.05) is 0 Å². The van der Waals surface area contributed by atoms with Crippen molar-refractivity contribution < 1.29 is 9.47 Å².